The van der Waals surface area contributed by atoms with E-state index in [0.717, 1.165) is 43.5 Å². The van der Waals surface area contributed by atoms with Gasteiger partial charge in [-0.3, -0.25) is 5.01 Å². The van der Waals surface area contributed by atoms with E-state index in [1.165, 1.54) is 7.05 Å². The van der Waals surface area contributed by atoms with Gasteiger partial charge in [-0.1, -0.05) is 19.1 Å². The van der Waals surface area contributed by atoms with Crippen molar-refractivity contribution in [2.45, 2.75) is 33.8 Å². The van der Waals surface area contributed by atoms with Crippen LogP contribution >= 0.6 is 0 Å². The summed E-state index contributed by atoms with van der Waals surface area (Å²) in [6.07, 6.45) is 4.30. The zero-order valence-electron chi connectivity index (χ0n) is 19.6. The SMILES string of the molecule is CCC(=NN=C(C)c1cn(C)c2ncccc12)OCc1c(C)cccc1N(N)C(=O)N(C)N. The number of hydrogen-bond donors (Lipinski definition) is 2. The second-order valence-corrected chi connectivity index (χ2v) is 7.69. The molecule has 0 unspecified atom stereocenters. The zero-order chi connectivity index (χ0) is 24.1. The molecule has 174 valence electrons. The first kappa shape index (κ1) is 23.9. The van der Waals surface area contributed by atoms with Crippen LogP contribution in [0, 0.1) is 6.92 Å². The maximum Gasteiger partial charge on any atom is 0.352 e. The van der Waals surface area contributed by atoms with Crippen LogP contribution in [0.1, 0.15) is 37.0 Å². The minimum absolute atomic E-state index is 0.177. The van der Waals surface area contributed by atoms with Crippen LogP contribution in [0.3, 0.4) is 0 Å². The molecule has 0 fully saturated rings. The molecule has 0 spiro atoms. The summed E-state index contributed by atoms with van der Waals surface area (Å²) >= 11 is 0. The summed E-state index contributed by atoms with van der Waals surface area (Å²) in [5.74, 6) is 12.0. The van der Waals surface area contributed by atoms with E-state index >= 15 is 0 Å². The summed E-state index contributed by atoms with van der Waals surface area (Å²) in [5.41, 5.74) is 4.80. The van der Waals surface area contributed by atoms with E-state index < -0.39 is 6.03 Å². The third-order valence-corrected chi connectivity index (χ3v) is 5.27. The van der Waals surface area contributed by atoms with E-state index in [1.807, 2.05) is 62.8 Å². The summed E-state index contributed by atoms with van der Waals surface area (Å²) in [4.78, 5) is 16.6. The van der Waals surface area contributed by atoms with Crippen LogP contribution in [-0.4, -0.2) is 39.2 Å². The lowest BCUT2D eigenvalue weighted by Crippen LogP contribution is -2.49. The van der Waals surface area contributed by atoms with Crippen LogP contribution in [0.5, 0.6) is 0 Å². The lowest BCUT2D eigenvalue weighted by molar-refractivity contribution is 0.216. The number of carbonyl (C=O) groups is 1. The second-order valence-electron chi connectivity index (χ2n) is 7.69. The molecule has 0 saturated heterocycles. The van der Waals surface area contributed by atoms with Gasteiger partial charge in [0.1, 0.15) is 12.3 Å². The molecule has 10 nitrogen and oxygen atoms in total. The number of fused-ring (bicyclic) bond motifs is 1. The number of aryl methyl sites for hydroxylation is 2. The van der Waals surface area contributed by atoms with Crippen LogP contribution < -0.4 is 16.7 Å². The molecule has 1 aromatic carbocycles. The summed E-state index contributed by atoms with van der Waals surface area (Å²) in [6.45, 7) is 5.94. The fourth-order valence-electron chi connectivity index (χ4n) is 3.42. The molecule has 0 atom stereocenters. The highest BCUT2D eigenvalue weighted by Gasteiger charge is 2.19. The van der Waals surface area contributed by atoms with Gasteiger partial charge in [0.25, 0.3) is 0 Å². The minimum Gasteiger partial charge on any atom is -0.475 e. The van der Waals surface area contributed by atoms with Crippen LogP contribution in [0.15, 0.2) is 52.9 Å². The molecule has 3 aromatic rings. The van der Waals surface area contributed by atoms with Gasteiger partial charge in [-0.05, 0) is 37.6 Å². The number of nitrogens with zero attached hydrogens (tertiary/aromatic N) is 6. The number of benzene rings is 1. The van der Waals surface area contributed by atoms with Crippen molar-refractivity contribution >= 4 is 34.4 Å². The largest absolute Gasteiger partial charge is 0.475 e. The highest BCUT2D eigenvalue weighted by Crippen LogP contribution is 2.24. The molecule has 2 amide bonds. The smallest absolute Gasteiger partial charge is 0.352 e. The Balaban J connectivity index is 1.83. The zero-order valence-corrected chi connectivity index (χ0v) is 19.6. The average molecular weight is 451 g/mol. The van der Waals surface area contributed by atoms with Gasteiger partial charge in [0.2, 0.25) is 5.90 Å². The van der Waals surface area contributed by atoms with Gasteiger partial charge in [-0.2, -0.15) is 5.10 Å². The molecule has 2 aromatic heterocycles. The standard InChI is InChI=1S/C23H30N8O2/c1-6-21(28-27-16(3)18-13-29(4)22-17(18)10-8-12-26-22)33-14-19-15(2)9-7-11-20(19)31(25)23(32)30(5)24/h7-13H,6,14,24-25H2,1-5H3. The van der Waals surface area contributed by atoms with Crippen molar-refractivity contribution in [3.05, 3.63) is 59.4 Å². The Kier molecular flexibility index (Phi) is 7.41. The Morgan fingerprint density at radius 3 is 2.67 bits per heavy atom. The predicted molar refractivity (Wildman–Crippen MR) is 131 cm³/mol. The monoisotopic (exact) mass is 450 g/mol. The van der Waals surface area contributed by atoms with Crippen molar-refractivity contribution in [2.24, 2.45) is 28.9 Å². The van der Waals surface area contributed by atoms with Gasteiger partial charge in [0.15, 0.2) is 0 Å². The van der Waals surface area contributed by atoms with E-state index in [2.05, 4.69) is 15.2 Å². The molecule has 0 saturated carbocycles. The molecule has 0 aliphatic carbocycles. The van der Waals surface area contributed by atoms with Gasteiger partial charge >= 0.3 is 6.03 Å². The number of rotatable bonds is 6. The van der Waals surface area contributed by atoms with Crippen molar-refractivity contribution in [2.75, 3.05) is 12.1 Å². The third-order valence-electron chi connectivity index (χ3n) is 5.27. The number of hydrogen-bond acceptors (Lipinski definition) is 7. The van der Waals surface area contributed by atoms with E-state index in [1.54, 1.807) is 12.3 Å². The lowest BCUT2D eigenvalue weighted by atomic mass is 10.1. The normalized spacial score (nSPS) is 12.2. The number of anilines is 1. The summed E-state index contributed by atoms with van der Waals surface area (Å²) in [5, 5.41) is 11.7. The number of hydrazine groups is 2. The number of nitrogens with two attached hydrogens (primary N) is 2. The number of amides is 2. The number of pyridine rings is 1. The Hall–Kier alpha value is -3.76. The van der Waals surface area contributed by atoms with Crippen molar-refractivity contribution < 1.29 is 9.53 Å². The van der Waals surface area contributed by atoms with Crippen molar-refractivity contribution in [3.8, 4) is 0 Å². The predicted octanol–water partition coefficient (Wildman–Crippen LogP) is 3.24. The lowest BCUT2D eigenvalue weighted by Gasteiger charge is -2.24. The third kappa shape index (κ3) is 5.18. The topological polar surface area (TPSA) is 127 Å². The second kappa shape index (κ2) is 10.2. The average Bonchev–Trinajstić information content (AvgIpc) is 3.15. The Labute approximate surface area is 193 Å². The molecule has 2 heterocycles. The summed E-state index contributed by atoms with van der Waals surface area (Å²) in [7, 11) is 3.38. The summed E-state index contributed by atoms with van der Waals surface area (Å²) < 4.78 is 7.92. The maximum absolute atomic E-state index is 12.2. The molecular weight excluding hydrogens is 420 g/mol. The first-order valence-electron chi connectivity index (χ1n) is 10.5. The molecule has 0 aliphatic heterocycles. The highest BCUT2D eigenvalue weighted by atomic mass is 16.5. The van der Waals surface area contributed by atoms with Crippen LogP contribution in [0.2, 0.25) is 0 Å². The number of urea groups is 1. The maximum atomic E-state index is 12.2. The van der Waals surface area contributed by atoms with Crippen LogP contribution in [0.4, 0.5) is 10.5 Å². The van der Waals surface area contributed by atoms with E-state index in [9.17, 15) is 4.79 Å². The van der Waals surface area contributed by atoms with E-state index in [4.69, 9.17) is 16.4 Å². The van der Waals surface area contributed by atoms with E-state index in [-0.39, 0.29) is 6.61 Å². The fourth-order valence-corrected chi connectivity index (χ4v) is 3.42. The Bertz CT molecular complexity index is 1210. The first-order valence-corrected chi connectivity index (χ1v) is 10.5. The number of aromatic nitrogens is 2. The van der Waals surface area contributed by atoms with Gasteiger partial charge in [0.05, 0.1) is 11.4 Å². The van der Waals surface area contributed by atoms with Crippen molar-refractivity contribution in [1.82, 2.24) is 14.6 Å². The fraction of sp³-hybridized carbons (Fsp3) is 0.304. The molecule has 3 rings (SSSR count). The van der Waals surface area contributed by atoms with Gasteiger partial charge < -0.3 is 9.30 Å². The molecule has 4 N–H and O–H groups in total. The first-order chi connectivity index (χ1) is 15.7. The number of carbonyl (C=O) groups excluding carboxylic acids is 1. The molecular formula is C23H30N8O2. The molecule has 10 heteroatoms. The van der Waals surface area contributed by atoms with Gasteiger partial charge in [-0.15, -0.1) is 5.10 Å². The van der Waals surface area contributed by atoms with Crippen LogP contribution in [0.25, 0.3) is 11.0 Å². The molecule has 0 bridgehead atoms. The number of ether oxygens (including phenoxy) is 1. The van der Waals surface area contributed by atoms with Crippen LogP contribution in [-0.2, 0) is 18.4 Å². The molecule has 33 heavy (non-hydrogen) atoms. The quantitative estimate of drug-likeness (QED) is 0.196. The van der Waals surface area contributed by atoms with Gasteiger partial charge in [-0.25, -0.2) is 26.5 Å². The Morgan fingerprint density at radius 2 is 1.97 bits per heavy atom. The van der Waals surface area contributed by atoms with Crippen molar-refractivity contribution in [3.63, 3.8) is 0 Å². The summed E-state index contributed by atoms with van der Waals surface area (Å²) in [6, 6.07) is 8.85. The highest BCUT2D eigenvalue weighted by molar-refractivity contribution is 6.09. The molecule has 0 aliphatic rings. The minimum atomic E-state index is -0.545. The van der Waals surface area contributed by atoms with E-state index in [0.29, 0.717) is 18.0 Å². The van der Waals surface area contributed by atoms with Crippen molar-refractivity contribution in [1.29, 1.82) is 0 Å². The molecule has 0 radical (unpaired) electrons. The van der Waals surface area contributed by atoms with Gasteiger partial charge in [0, 0.05) is 49.4 Å². The Morgan fingerprint density at radius 1 is 1.21 bits per heavy atom.